The topological polar surface area (TPSA) is 103 Å². The number of morpholine rings is 1. The average Bonchev–Trinajstić information content (AvgIpc) is 2.98. The summed E-state index contributed by atoms with van der Waals surface area (Å²) in [4.78, 5) is 14.5. The smallest absolute Gasteiger partial charge is 0.270 e. The second-order valence-corrected chi connectivity index (χ2v) is 4.33. The van der Waals surface area contributed by atoms with E-state index in [9.17, 15) is 10.1 Å². The minimum Gasteiger partial charge on any atom is -0.367 e. The third-order valence-corrected chi connectivity index (χ3v) is 2.96. The maximum absolute atomic E-state index is 10.7. The molecule has 8 nitrogen and oxygen atoms in total. The molecule has 0 spiro atoms. The first-order valence-electron chi connectivity index (χ1n) is 6.15. The molecular formula is C12H12N4O4. The van der Waals surface area contributed by atoms with Crippen molar-refractivity contribution in [3.05, 3.63) is 40.2 Å². The Kier molecular flexibility index (Phi) is 3.40. The molecule has 2 aromatic rings. The second-order valence-electron chi connectivity index (χ2n) is 4.33. The molecule has 1 saturated heterocycles. The lowest BCUT2D eigenvalue weighted by molar-refractivity contribution is -0.384. The van der Waals surface area contributed by atoms with Gasteiger partial charge in [0.15, 0.2) is 0 Å². The molecule has 2 heterocycles. The Labute approximate surface area is 113 Å². The van der Waals surface area contributed by atoms with E-state index in [1.807, 2.05) is 0 Å². The van der Waals surface area contributed by atoms with Crippen molar-refractivity contribution in [1.29, 1.82) is 0 Å². The average molecular weight is 276 g/mol. The molecule has 1 aromatic carbocycles. The Bertz CT molecular complexity index is 621. The first-order chi connectivity index (χ1) is 9.74. The van der Waals surface area contributed by atoms with Crippen molar-refractivity contribution in [2.45, 2.75) is 6.10 Å². The fraction of sp³-hybridized carbons (Fsp3) is 0.333. The number of rotatable bonds is 3. The molecule has 20 heavy (non-hydrogen) atoms. The molecular weight excluding hydrogens is 264 g/mol. The van der Waals surface area contributed by atoms with E-state index in [4.69, 9.17) is 9.26 Å². The Morgan fingerprint density at radius 1 is 1.45 bits per heavy atom. The van der Waals surface area contributed by atoms with Gasteiger partial charge in [0.25, 0.3) is 11.6 Å². The largest absolute Gasteiger partial charge is 0.367 e. The van der Waals surface area contributed by atoms with Crippen LogP contribution in [-0.2, 0) is 4.74 Å². The van der Waals surface area contributed by atoms with Crippen molar-refractivity contribution < 1.29 is 14.2 Å². The fourth-order valence-electron chi connectivity index (χ4n) is 1.97. The van der Waals surface area contributed by atoms with Gasteiger partial charge >= 0.3 is 0 Å². The van der Waals surface area contributed by atoms with Crippen LogP contribution in [0.2, 0.25) is 0 Å². The van der Waals surface area contributed by atoms with Crippen molar-refractivity contribution >= 4 is 5.69 Å². The summed E-state index contributed by atoms with van der Waals surface area (Å²) in [6.07, 6.45) is -0.250. The van der Waals surface area contributed by atoms with Gasteiger partial charge in [-0.2, -0.15) is 4.98 Å². The summed E-state index contributed by atoms with van der Waals surface area (Å²) >= 11 is 0. The summed E-state index contributed by atoms with van der Waals surface area (Å²) in [5.74, 6) is 0.691. The van der Waals surface area contributed by atoms with E-state index in [1.165, 1.54) is 12.1 Å². The number of benzene rings is 1. The van der Waals surface area contributed by atoms with Crippen LogP contribution in [0, 0.1) is 10.1 Å². The van der Waals surface area contributed by atoms with Crippen LogP contribution >= 0.6 is 0 Å². The third-order valence-electron chi connectivity index (χ3n) is 2.96. The lowest BCUT2D eigenvalue weighted by Crippen LogP contribution is -2.33. The van der Waals surface area contributed by atoms with Gasteiger partial charge in [0, 0.05) is 30.8 Å². The molecule has 1 aromatic heterocycles. The van der Waals surface area contributed by atoms with E-state index >= 15 is 0 Å². The Hall–Kier alpha value is -2.32. The number of aromatic nitrogens is 2. The molecule has 104 valence electrons. The fourth-order valence-corrected chi connectivity index (χ4v) is 1.97. The summed E-state index contributed by atoms with van der Waals surface area (Å²) in [7, 11) is 0. The minimum atomic E-state index is -0.463. The highest BCUT2D eigenvalue weighted by Crippen LogP contribution is 2.24. The lowest BCUT2D eigenvalue weighted by Gasteiger charge is -2.20. The Morgan fingerprint density at radius 3 is 3.10 bits per heavy atom. The normalized spacial score (nSPS) is 18.9. The predicted octanol–water partition coefficient (Wildman–Crippen LogP) is 1.31. The lowest BCUT2D eigenvalue weighted by atomic mass is 10.2. The quantitative estimate of drug-likeness (QED) is 0.665. The van der Waals surface area contributed by atoms with Gasteiger partial charge < -0.3 is 14.6 Å². The molecule has 0 saturated carbocycles. The highest BCUT2D eigenvalue weighted by Gasteiger charge is 2.22. The van der Waals surface area contributed by atoms with E-state index in [1.54, 1.807) is 12.1 Å². The van der Waals surface area contributed by atoms with Crippen molar-refractivity contribution in [2.24, 2.45) is 0 Å². The predicted molar refractivity (Wildman–Crippen MR) is 68.0 cm³/mol. The molecule has 1 aliphatic heterocycles. The first-order valence-corrected chi connectivity index (χ1v) is 6.15. The number of nitrogens with one attached hydrogen (secondary N) is 1. The van der Waals surface area contributed by atoms with Crippen LogP contribution in [0.3, 0.4) is 0 Å². The molecule has 1 unspecified atom stereocenters. The highest BCUT2D eigenvalue weighted by molar-refractivity contribution is 5.57. The highest BCUT2D eigenvalue weighted by atomic mass is 16.6. The molecule has 0 bridgehead atoms. The number of ether oxygens (including phenoxy) is 1. The maximum atomic E-state index is 10.7. The van der Waals surface area contributed by atoms with Gasteiger partial charge in [-0.15, -0.1) is 0 Å². The van der Waals surface area contributed by atoms with Crippen LogP contribution in [0.15, 0.2) is 28.8 Å². The SMILES string of the molecule is O=[N+]([O-])c1cccc(-c2nc(C3CNCCO3)no2)c1. The van der Waals surface area contributed by atoms with Gasteiger partial charge in [-0.25, -0.2) is 0 Å². The number of non-ortho nitro benzene ring substituents is 1. The molecule has 8 heteroatoms. The third kappa shape index (κ3) is 2.51. The molecule has 0 aliphatic carbocycles. The molecule has 1 aliphatic rings. The van der Waals surface area contributed by atoms with Crippen molar-refractivity contribution in [2.75, 3.05) is 19.7 Å². The van der Waals surface area contributed by atoms with E-state index in [2.05, 4.69) is 15.5 Å². The molecule has 1 N–H and O–H groups in total. The van der Waals surface area contributed by atoms with Gasteiger partial charge in [-0.1, -0.05) is 11.2 Å². The molecule has 1 fully saturated rings. The first kappa shape index (κ1) is 12.7. The zero-order valence-corrected chi connectivity index (χ0v) is 10.5. The Balaban J connectivity index is 1.85. The molecule has 0 radical (unpaired) electrons. The standard InChI is InChI=1S/C12H12N4O4/c17-16(18)9-3-1-2-8(6-9)12-14-11(15-20-12)10-7-13-4-5-19-10/h1-3,6,10,13H,4-5,7H2. The second kappa shape index (κ2) is 5.35. The summed E-state index contributed by atoms with van der Waals surface area (Å²) in [6.45, 7) is 2.01. The van der Waals surface area contributed by atoms with Gasteiger partial charge in [0.05, 0.1) is 11.5 Å². The zero-order valence-electron chi connectivity index (χ0n) is 10.5. The van der Waals surface area contributed by atoms with Crippen LogP contribution in [0.1, 0.15) is 11.9 Å². The van der Waals surface area contributed by atoms with E-state index < -0.39 is 4.92 Å². The van der Waals surface area contributed by atoms with Gasteiger partial charge in [0.2, 0.25) is 5.82 Å². The van der Waals surface area contributed by atoms with Crippen LogP contribution in [-0.4, -0.2) is 34.8 Å². The van der Waals surface area contributed by atoms with E-state index in [0.717, 1.165) is 6.54 Å². The number of hydrogen-bond donors (Lipinski definition) is 1. The molecule has 1 atom stereocenters. The van der Waals surface area contributed by atoms with Crippen molar-refractivity contribution in [3.63, 3.8) is 0 Å². The van der Waals surface area contributed by atoms with Crippen LogP contribution in [0.4, 0.5) is 5.69 Å². The molecule has 3 rings (SSSR count). The van der Waals surface area contributed by atoms with Crippen LogP contribution < -0.4 is 5.32 Å². The van der Waals surface area contributed by atoms with Gasteiger partial charge in [-0.05, 0) is 6.07 Å². The number of hydrogen-bond acceptors (Lipinski definition) is 7. The van der Waals surface area contributed by atoms with E-state index in [0.29, 0.717) is 24.5 Å². The van der Waals surface area contributed by atoms with Gasteiger partial charge in [0.1, 0.15) is 6.10 Å². The zero-order chi connectivity index (χ0) is 13.9. The summed E-state index contributed by atoms with van der Waals surface area (Å²) in [6, 6.07) is 6.08. The minimum absolute atomic E-state index is 0.0159. The van der Waals surface area contributed by atoms with Crippen LogP contribution in [0.5, 0.6) is 0 Å². The Morgan fingerprint density at radius 2 is 2.35 bits per heavy atom. The van der Waals surface area contributed by atoms with E-state index in [-0.39, 0.29) is 17.7 Å². The number of nitro benzene ring substituents is 1. The molecule has 0 amide bonds. The summed E-state index contributed by atoms with van der Waals surface area (Å²) < 4.78 is 10.7. The van der Waals surface area contributed by atoms with Crippen LogP contribution in [0.25, 0.3) is 11.5 Å². The monoisotopic (exact) mass is 276 g/mol. The van der Waals surface area contributed by atoms with Crippen molar-refractivity contribution in [1.82, 2.24) is 15.5 Å². The van der Waals surface area contributed by atoms with Crippen molar-refractivity contribution in [3.8, 4) is 11.5 Å². The van der Waals surface area contributed by atoms with Gasteiger partial charge in [-0.3, -0.25) is 10.1 Å². The number of nitro groups is 1. The summed E-state index contributed by atoms with van der Waals surface area (Å²) in [5, 5.41) is 17.8. The number of nitrogens with zero attached hydrogens (tertiary/aromatic N) is 3. The maximum Gasteiger partial charge on any atom is 0.270 e. The summed E-state index contributed by atoms with van der Waals surface area (Å²) in [5.41, 5.74) is 0.500.